The number of benzene rings is 1. The third-order valence-corrected chi connectivity index (χ3v) is 4.30. The summed E-state index contributed by atoms with van der Waals surface area (Å²) >= 11 is 0. The zero-order chi connectivity index (χ0) is 16.0. The van der Waals surface area contributed by atoms with Crippen molar-refractivity contribution >= 4 is 22.5 Å². The summed E-state index contributed by atoms with van der Waals surface area (Å²) < 4.78 is 1.74. The molecule has 0 unspecified atom stereocenters. The number of carbonyl (C=O) groups excluding carboxylic acids is 1. The van der Waals surface area contributed by atoms with E-state index in [0.717, 1.165) is 35.9 Å². The van der Waals surface area contributed by atoms with Crippen molar-refractivity contribution in [2.45, 2.75) is 46.1 Å². The van der Waals surface area contributed by atoms with Gasteiger partial charge in [0.25, 0.3) is 5.56 Å². The molecule has 5 heteroatoms. The van der Waals surface area contributed by atoms with Crippen LogP contribution in [0, 0.1) is 6.92 Å². The van der Waals surface area contributed by atoms with Crippen LogP contribution in [0.15, 0.2) is 16.9 Å². The van der Waals surface area contributed by atoms with Gasteiger partial charge in [0.05, 0.1) is 5.52 Å². The van der Waals surface area contributed by atoms with Gasteiger partial charge in [-0.25, -0.2) is 0 Å². The SMILES string of the molecule is CCc1ccc2c(O)c(NC(C)=O)c(=O)n(C3CC3)c2c1C. The molecule has 1 saturated carbocycles. The molecule has 1 aromatic heterocycles. The minimum atomic E-state index is -0.365. The lowest BCUT2D eigenvalue weighted by molar-refractivity contribution is -0.114. The molecule has 116 valence electrons. The van der Waals surface area contributed by atoms with Crippen molar-refractivity contribution in [1.29, 1.82) is 0 Å². The number of anilines is 1. The van der Waals surface area contributed by atoms with Crippen LogP contribution in [-0.2, 0) is 11.2 Å². The normalized spacial score (nSPS) is 14.3. The minimum absolute atomic E-state index is 0.0180. The van der Waals surface area contributed by atoms with Crippen molar-refractivity contribution in [2.75, 3.05) is 5.32 Å². The van der Waals surface area contributed by atoms with Crippen LogP contribution in [0.25, 0.3) is 10.9 Å². The van der Waals surface area contributed by atoms with Crippen LogP contribution < -0.4 is 10.9 Å². The molecule has 1 fully saturated rings. The van der Waals surface area contributed by atoms with Gasteiger partial charge >= 0.3 is 0 Å². The Morgan fingerprint density at radius 1 is 1.41 bits per heavy atom. The summed E-state index contributed by atoms with van der Waals surface area (Å²) in [4.78, 5) is 24.1. The van der Waals surface area contributed by atoms with Crippen LogP contribution in [0.4, 0.5) is 5.69 Å². The molecular formula is C17H20N2O3. The minimum Gasteiger partial charge on any atom is -0.505 e. The van der Waals surface area contributed by atoms with E-state index in [2.05, 4.69) is 12.2 Å². The summed E-state index contributed by atoms with van der Waals surface area (Å²) in [5.74, 6) is -0.506. The average molecular weight is 300 g/mol. The van der Waals surface area contributed by atoms with Crippen molar-refractivity contribution in [1.82, 2.24) is 4.57 Å². The van der Waals surface area contributed by atoms with Crippen molar-refractivity contribution in [3.05, 3.63) is 33.6 Å². The predicted molar refractivity (Wildman–Crippen MR) is 86.6 cm³/mol. The van der Waals surface area contributed by atoms with Gasteiger partial charge in [0.1, 0.15) is 0 Å². The Labute approximate surface area is 128 Å². The third kappa shape index (κ3) is 2.17. The number of fused-ring (bicyclic) bond motifs is 1. The van der Waals surface area contributed by atoms with Gasteiger partial charge in [-0.2, -0.15) is 0 Å². The molecule has 0 radical (unpaired) electrons. The van der Waals surface area contributed by atoms with E-state index in [0.29, 0.717) is 5.39 Å². The average Bonchev–Trinajstić information content (AvgIpc) is 3.29. The molecule has 5 nitrogen and oxygen atoms in total. The molecule has 1 aliphatic carbocycles. The topological polar surface area (TPSA) is 71.3 Å². The Balaban J connectivity index is 2.43. The third-order valence-electron chi connectivity index (χ3n) is 4.30. The maximum Gasteiger partial charge on any atom is 0.278 e. The second-order valence-electron chi connectivity index (χ2n) is 5.91. The summed E-state index contributed by atoms with van der Waals surface area (Å²) in [5.41, 5.74) is 2.63. The van der Waals surface area contributed by atoms with E-state index in [-0.39, 0.29) is 28.9 Å². The molecule has 0 atom stereocenters. The maximum absolute atomic E-state index is 12.8. The molecule has 0 spiro atoms. The Morgan fingerprint density at radius 3 is 2.64 bits per heavy atom. The van der Waals surface area contributed by atoms with Crippen molar-refractivity contribution < 1.29 is 9.90 Å². The van der Waals surface area contributed by atoms with Gasteiger partial charge < -0.3 is 15.0 Å². The van der Waals surface area contributed by atoms with Gasteiger partial charge in [-0.3, -0.25) is 9.59 Å². The van der Waals surface area contributed by atoms with Gasteiger partial charge in [0.15, 0.2) is 11.4 Å². The quantitative estimate of drug-likeness (QED) is 0.915. The molecule has 0 bridgehead atoms. The Morgan fingerprint density at radius 2 is 2.09 bits per heavy atom. The molecule has 2 N–H and O–H groups in total. The number of hydrogen-bond acceptors (Lipinski definition) is 3. The maximum atomic E-state index is 12.8. The smallest absolute Gasteiger partial charge is 0.278 e. The highest BCUT2D eigenvalue weighted by Gasteiger charge is 2.30. The molecule has 0 aliphatic heterocycles. The fraction of sp³-hybridized carbons (Fsp3) is 0.412. The molecule has 2 aromatic rings. The second kappa shape index (κ2) is 5.16. The fourth-order valence-corrected chi connectivity index (χ4v) is 3.05. The molecule has 1 aromatic carbocycles. The van der Waals surface area contributed by atoms with Crippen LogP contribution in [0.3, 0.4) is 0 Å². The number of amides is 1. The number of pyridine rings is 1. The van der Waals surface area contributed by atoms with Gasteiger partial charge in [-0.1, -0.05) is 13.0 Å². The number of aryl methyl sites for hydroxylation is 2. The summed E-state index contributed by atoms with van der Waals surface area (Å²) in [7, 11) is 0. The first kappa shape index (κ1) is 14.6. The van der Waals surface area contributed by atoms with Gasteiger partial charge in [0.2, 0.25) is 5.91 Å². The Hall–Kier alpha value is -2.30. The van der Waals surface area contributed by atoms with Crippen molar-refractivity contribution in [3.8, 4) is 5.75 Å². The highest BCUT2D eigenvalue weighted by Crippen LogP contribution is 2.40. The van der Waals surface area contributed by atoms with E-state index >= 15 is 0 Å². The lowest BCUT2D eigenvalue weighted by Gasteiger charge is -2.18. The van der Waals surface area contributed by atoms with E-state index in [1.54, 1.807) is 4.57 Å². The number of rotatable bonds is 3. The van der Waals surface area contributed by atoms with Gasteiger partial charge in [0, 0.05) is 18.4 Å². The van der Waals surface area contributed by atoms with Crippen LogP contribution in [0.1, 0.15) is 43.9 Å². The van der Waals surface area contributed by atoms with Crippen LogP contribution in [0.2, 0.25) is 0 Å². The van der Waals surface area contributed by atoms with Gasteiger partial charge in [-0.15, -0.1) is 0 Å². The number of nitrogens with zero attached hydrogens (tertiary/aromatic N) is 1. The van der Waals surface area contributed by atoms with E-state index in [1.807, 2.05) is 19.1 Å². The molecule has 1 aliphatic rings. The van der Waals surface area contributed by atoms with E-state index in [1.165, 1.54) is 6.92 Å². The number of nitrogens with one attached hydrogen (secondary N) is 1. The van der Waals surface area contributed by atoms with Crippen LogP contribution in [-0.4, -0.2) is 15.6 Å². The summed E-state index contributed by atoms with van der Waals surface area (Å²) in [6.45, 7) is 5.38. The Bertz CT molecular complexity index is 832. The first-order valence-corrected chi connectivity index (χ1v) is 7.63. The number of hydrogen-bond donors (Lipinski definition) is 2. The predicted octanol–water partition coefficient (Wildman–Crippen LogP) is 2.87. The van der Waals surface area contributed by atoms with E-state index in [4.69, 9.17) is 0 Å². The standard InChI is InChI=1S/C17H20N2O3/c1-4-11-5-8-13-15(9(11)2)19(12-6-7-12)17(22)14(16(13)21)18-10(3)20/h5,8,12,21H,4,6-7H2,1-3H3,(H,18,20). The van der Waals surface area contributed by atoms with Crippen LogP contribution in [0.5, 0.6) is 5.75 Å². The molecule has 0 saturated heterocycles. The Kier molecular flexibility index (Phi) is 3.43. The fourth-order valence-electron chi connectivity index (χ4n) is 3.05. The molecule has 1 amide bonds. The molecule has 22 heavy (non-hydrogen) atoms. The highest BCUT2D eigenvalue weighted by molar-refractivity contribution is 5.98. The monoisotopic (exact) mass is 300 g/mol. The highest BCUT2D eigenvalue weighted by atomic mass is 16.3. The number of carbonyl (C=O) groups is 1. The number of aromatic hydroxyl groups is 1. The summed E-state index contributed by atoms with van der Waals surface area (Å²) in [5, 5.41) is 13.6. The lowest BCUT2D eigenvalue weighted by atomic mass is 10.0. The number of aromatic nitrogens is 1. The zero-order valence-electron chi connectivity index (χ0n) is 13.1. The summed E-state index contributed by atoms with van der Waals surface area (Å²) in [6, 6.07) is 3.96. The molecule has 1 heterocycles. The first-order valence-electron chi connectivity index (χ1n) is 7.63. The lowest BCUT2D eigenvalue weighted by Crippen LogP contribution is -2.25. The van der Waals surface area contributed by atoms with Crippen LogP contribution >= 0.6 is 0 Å². The largest absolute Gasteiger partial charge is 0.505 e. The van der Waals surface area contributed by atoms with E-state index in [9.17, 15) is 14.7 Å². The van der Waals surface area contributed by atoms with Gasteiger partial charge in [-0.05, 0) is 43.4 Å². The zero-order valence-corrected chi connectivity index (χ0v) is 13.1. The van der Waals surface area contributed by atoms with Crippen molar-refractivity contribution in [2.24, 2.45) is 0 Å². The molecular weight excluding hydrogens is 280 g/mol. The van der Waals surface area contributed by atoms with E-state index < -0.39 is 0 Å². The summed E-state index contributed by atoms with van der Waals surface area (Å²) in [6.07, 6.45) is 2.78. The first-order chi connectivity index (χ1) is 10.5. The molecule has 3 rings (SSSR count). The second-order valence-corrected chi connectivity index (χ2v) is 5.91. The van der Waals surface area contributed by atoms with Crippen molar-refractivity contribution in [3.63, 3.8) is 0 Å².